The molecule has 0 saturated carbocycles. The summed E-state index contributed by atoms with van der Waals surface area (Å²) in [7, 11) is 0. The molecule has 1 aliphatic rings. The number of aryl methyl sites for hydroxylation is 1. The number of nitrogens with zero attached hydrogens (tertiary/aromatic N) is 2. The number of rotatable bonds is 8. The van der Waals surface area contributed by atoms with Crippen molar-refractivity contribution in [1.29, 1.82) is 0 Å². The Bertz CT molecular complexity index is 1290. The maximum absolute atomic E-state index is 13.5. The third kappa shape index (κ3) is 4.88. The zero-order valence-electron chi connectivity index (χ0n) is 18.9. The highest BCUT2D eigenvalue weighted by molar-refractivity contribution is 7.97. The summed E-state index contributed by atoms with van der Waals surface area (Å²) in [6.45, 7) is 1.29. The van der Waals surface area contributed by atoms with Crippen LogP contribution in [0.5, 0.6) is 0 Å². The van der Waals surface area contributed by atoms with Crippen LogP contribution in [0.25, 0.3) is 10.9 Å². The summed E-state index contributed by atoms with van der Waals surface area (Å²) in [4.78, 5) is 12.3. The first kappa shape index (κ1) is 22.7. The second kappa shape index (κ2) is 10.0. The molecule has 0 unspecified atom stereocenters. The Balaban J connectivity index is 1.46. The fourth-order valence-corrected chi connectivity index (χ4v) is 5.99. The molecular formula is C28H27FN2O2S. The Labute approximate surface area is 203 Å². The number of aromatic nitrogens is 1. The molecule has 1 aliphatic carbocycles. The largest absolute Gasteiger partial charge is 0.481 e. The van der Waals surface area contributed by atoms with Crippen LogP contribution in [0.15, 0.2) is 83.8 Å². The van der Waals surface area contributed by atoms with E-state index in [2.05, 4.69) is 51.3 Å². The minimum absolute atomic E-state index is 0.120. The highest BCUT2D eigenvalue weighted by Crippen LogP contribution is 2.37. The van der Waals surface area contributed by atoms with E-state index in [1.165, 1.54) is 34.3 Å². The van der Waals surface area contributed by atoms with Crippen LogP contribution in [-0.4, -0.2) is 26.0 Å². The Morgan fingerprint density at radius 2 is 1.76 bits per heavy atom. The molecule has 174 valence electrons. The molecule has 0 bridgehead atoms. The molecule has 1 heterocycles. The number of benzene rings is 3. The number of fused-ring (bicyclic) bond motifs is 3. The molecule has 1 atom stereocenters. The molecule has 0 fully saturated rings. The van der Waals surface area contributed by atoms with E-state index in [1.54, 1.807) is 11.9 Å². The molecule has 4 aromatic rings. The Morgan fingerprint density at radius 1 is 1.03 bits per heavy atom. The number of hydrogen-bond acceptors (Lipinski definition) is 3. The number of para-hydroxylation sites is 1. The van der Waals surface area contributed by atoms with E-state index < -0.39 is 5.97 Å². The van der Waals surface area contributed by atoms with Gasteiger partial charge in [0.05, 0.1) is 6.42 Å². The lowest BCUT2D eigenvalue weighted by molar-refractivity contribution is -0.137. The lowest BCUT2D eigenvalue weighted by Crippen LogP contribution is -2.34. The number of carbonyl (C=O) groups is 1. The number of hydrogen-bond donors (Lipinski definition) is 1. The predicted molar refractivity (Wildman–Crippen MR) is 134 cm³/mol. The zero-order chi connectivity index (χ0) is 23.5. The number of aliphatic carboxylic acids is 1. The van der Waals surface area contributed by atoms with E-state index >= 15 is 0 Å². The van der Waals surface area contributed by atoms with Gasteiger partial charge in [-0.2, -0.15) is 0 Å². The summed E-state index contributed by atoms with van der Waals surface area (Å²) in [6, 6.07) is 25.8. The molecule has 1 N–H and O–H groups in total. The third-order valence-corrected chi connectivity index (χ3v) is 7.67. The molecule has 0 amide bonds. The zero-order valence-corrected chi connectivity index (χ0v) is 19.7. The van der Waals surface area contributed by atoms with Crippen LogP contribution < -0.4 is 0 Å². The molecule has 34 heavy (non-hydrogen) atoms. The Kier molecular flexibility index (Phi) is 6.70. The minimum Gasteiger partial charge on any atom is -0.481 e. The van der Waals surface area contributed by atoms with Gasteiger partial charge in [-0.15, -0.1) is 0 Å². The van der Waals surface area contributed by atoms with E-state index in [1.807, 2.05) is 24.3 Å². The van der Waals surface area contributed by atoms with Crippen molar-refractivity contribution in [2.45, 2.75) is 49.7 Å². The van der Waals surface area contributed by atoms with E-state index in [4.69, 9.17) is 0 Å². The lowest BCUT2D eigenvalue weighted by Gasteiger charge is -2.34. The van der Waals surface area contributed by atoms with E-state index in [-0.39, 0.29) is 12.2 Å². The SMILES string of the molecule is O=C(O)CCn1c2c(c3ccccc31)C[C@H](N(Cc1ccccc1)Sc1ccc(F)cc1)CC2. The number of halogens is 1. The van der Waals surface area contributed by atoms with Crippen LogP contribution in [0.1, 0.15) is 29.7 Å². The van der Waals surface area contributed by atoms with E-state index in [0.717, 1.165) is 36.2 Å². The van der Waals surface area contributed by atoms with Crippen LogP contribution in [0.4, 0.5) is 4.39 Å². The molecule has 4 nitrogen and oxygen atoms in total. The van der Waals surface area contributed by atoms with Crippen molar-refractivity contribution in [2.24, 2.45) is 0 Å². The quantitative estimate of drug-likeness (QED) is 0.304. The maximum Gasteiger partial charge on any atom is 0.305 e. The third-order valence-electron chi connectivity index (χ3n) is 6.52. The smallest absolute Gasteiger partial charge is 0.305 e. The molecule has 0 radical (unpaired) electrons. The summed E-state index contributed by atoms with van der Waals surface area (Å²) in [5.74, 6) is -1.000. The summed E-state index contributed by atoms with van der Waals surface area (Å²) in [6.07, 6.45) is 2.91. The molecule has 1 aromatic heterocycles. The average molecular weight is 475 g/mol. The number of carboxylic acid groups (broad SMARTS) is 1. The first-order valence-electron chi connectivity index (χ1n) is 11.6. The second-order valence-corrected chi connectivity index (χ2v) is 9.86. The highest BCUT2D eigenvalue weighted by atomic mass is 32.2. The van der Waals surface area contributed by atoms with Gasteiger partial charge in [-0.05, 0) is 72.7 Å². The normalized spacial score (nSPS) is 15.5. The van der Waals surface area contributed by atoms with Crippen LogP contribution in [-0.2, 0) is 30.7 Å². The highest BCUT2D eigenvalue weighted by Gasteiger charge is 2.29. The average Bonchev–Trinajstić information content (AvgIpc) is 3.17. The van der Waals surface area contributed by atoms with Gasteiger partial charge in [-0.3, -0.25) is 4.79 Å². The monoisotopic (exact) mass is 474 g/mol. The molecule has 5 rings (SSSR count). The van der Waals surface area contributed by atoms with Gasteiger partial charge in [-0.1, -0.05) is 48.5 Å². The van der Waals surface area contributed by atoms with Gasteiger partial charge < -0.3 is 9.67 Å². The van der Waals surface area contributed by atoms with Gasteiger partial charge in [0.1, 0.15) is 5.82 Å². The van der Waals surface area contributed by atoms with Crippen molar-refractivity contribution in [2.75, 3.05) is 0 Å². The predicted octanol–water partition coefficient (Wildman–Crippen LogP) is 6.32. The van der Waals surface area contributed by atoms with Gasteiger partial charge in [0.25, 0.3) is 0 Å². The standard InChI is InChI=1S/C28H27FN2O2S/c29-21-10-13-23(14-11-21)34-31(19-20-6-2-1-3-7-20)22-12-15-27-25(18-22)24-8-4-5-9-26(24)30(27)17-16-28(32)33/h1-11,13-14,22H,12,15-19H2,(H,32,33)/t22-/m1/s1. The van der Waals surface area contributed by atoms with Crippen molar-refractivity contribution in [3.05, 3.63) is 102 Å². The second-order valence-electron chi connectivity index (χ2n) is 8.74. The van der Waals surface area contributed by atoms with Gasteiger partial charge in [0, 0.05) is 40.6 Å². The molecule has 6 heteroatoms. The summed E-state index contributed by atoms with van der Waals surface area (Å²) in [5, 5.41) is 10.5. The van der Waals surface area contributed by atoms with Crippen molar-refractivity contribution in [1.82, 2.24) is 8.87 Å². The van der Waals surface area contributed by atoms with E-state index in [0.29, 0.717) is 12.6 Å². The molecule has 0 spiro atoms. The maximum atomic E-state index is 13.5. The molecular weight excluding hydrogens is 447 g/mol. The van der Waals surface area contributed by atoms with Crippen LogP contribution in [0.3, 0.4) is 0 Å². The fraction of sp³-hybridized carbons (Fsp3) is 0.250. The van der Waals surface area contributed by atoms with Crippen LogP contribution >= 0.6 is 11.9 Å². The van der Waals surface area contributed by atoms with Gasteiger partial charge in [0.2, 0.25) is 0 Å². The van der Waals surface area contributed by atoms with Gasteiger partial charge >= 0.3 is 5.97 Å². The summed E-state index contributed by atoms with van der Waals surface area (Å²) >= 11 is 1.68. The number of carboxylic acids is 1. The summed E-state index contributed by atoms with van der Waals surface area (Å²) in [5.41, 5.74) is 4.96. The Morgan fingerprint density at radius 3 is 2.53 bits per heavy atom. The van der Waals surface area contributed by atoms with Crippen LogP contribution in [0.2, 0.25) is 0 Å². The topological polar surface area (TPSA) is 45.5 Å². The molecule has 3 aromatic carbocycles. The summed E-state index contributed by atoms with van der Waals surface area (Å²) < 4.78 is 18.1. The molecule has 0 saturated heterocycles. The first-order chi connectivity index (χ1) is 16.6. The lowest BCUT2D eigenvalue weighted by atomic mass is 9.91. The van der Waals surface area contributed by atoms with E-state index in [9.17, 15) is 14.3 Å². The van der Waals surface area contributed by atoms with Crippen LogP contribution in [0, 0.1) is 5.82 Å². The van der Waals surface area contributed by atoms with Crippen molar-refractivity contribution in [3.63, 3.8) is 0 Å². The Hall–Kier alpha value is -3.09. The van der Waals surface area contributed by atoms with Crippen molar-refractivity contribution in [3.8, 4) is 0 Å². The van der Waals surface area contributed by atoms with Gasteiger partial charge in [-0.25, -0.2) is 8.70 Å². The first-order valence-corrected chi connectivity index (χ1v) is 12.4. The van der Waals surface area contributed by atoms with Crippen molar-refractivity contribution >= 4 is 28.8 Å². The fourth-order valence-electron chi connectivity index (χ4n) is 4.92. The molecule has 0 aliphatic heterocycles. The minimum atomic E-state index is -0.773. The van der Waals surface area contributed by atoms with Gasteiger partial charge in [0.15, 0.2) is 0 Å². The van der Waals surface area contributed by atoms with Crippen molar-refractivity contribution < 1.29 is 14.3 Å².